The van der Waals surface area contributed by atoms with Crippen LogP contribution in [0.2, 0.25) is 0 Å². The number of carbonyl (C=O) groups excluding carboxylic acids is 1. The highest BCUT2D eigenvalue weighted by Crippen LogP contribution is 2.35. The maximum absolute atomic E-state index is 13.1. The number of hydrogen-bond donors (Lipinski definition) is 2. The molecule has 2 heterocycles. The molecule has 1 unspecified atom stereocenters. The molecule has 0 saturated carbocycles. The molecular weight excluding hydrogens is 466 g/mol. The molecule has 1 aromatic carbocycles. The van der Waals surface area contributed by atoms with Gasteiger partial charge >= 0.3 is 12.4 Å². The number of amides is 1. The van der Waals surface area contributed by atoms with Crippen molar-refractivity contribution < 1.29 is 36.2 Å². The molecule has 1 amide bonds. The van der Waals surface area contributed by atoms with Crippen molar-refractivity contribution in [2.45, 2.75) is 38.3 Å². The maximum atomic E-state index is 13.1. The summed E-state index contributed by atoms with van der Waals surface area (Å²) in [4.78, 5) is 23.4. The second-order valence-corrected chi connectivity index (χ2v) is 7.54. The quantitative estimate of drug-likeness (QED) is 0.501. The Hall–Kier alpha value is -3.54. The van der Waals surface area contributed by atoms with E-state index in [1.807, 2.05) is 0 Å². The van der Waals surface area contributed by atoms with Gasteiger partial charge in [0.15, 0.2) is 6.10 Å². The molecule has 0 spiro atoms. The van der Waals surface area contributed by atoms with Crippen LogP contribution in [0, 0.1) is 6.92 Å². The Labute approximate surface area is 189 Å². The molecule has 0 aliphatic heterocycles. The molecule has 0 saturated heterocycles. The fourth-order valence-corrected chi connectivity index (χ4v) is 2.99. The fraction of sp³-hybridized carbons (Fsp3) is 0.273. The number of aromatic nitrogens is 3. The van der Waals surface area contributed by atoms with Gasteiger partial charge in [0.2, 0.25) is 5.82 Å². The lowest BCUT2D eigenvalue weighted by atomic mass is 9.98. The number of nitrogens with one attached hydrogen (secondary N) is 1. The third-order valence-corrected chi connectivity index (χ3v) is 4.82. The average molecular weight is 484 g/mol. The summed E-state index contributed by atoms with van der Waals surface area (Å²) in [6.07, 6.45) is -9.26. The second kappa shape index (κ2) is 9.37. The van der Waals surface area contributed by atoms with Crippen molar-refractivity contribution in [2.75, 3.05) is 0 Å². The van der Waals surface area contributed by atoms with Crippen LogP contribution >= 0.6 is 0 Å². The van der Waals surface area contributed by atoms with Gasteiger partial charge in [-0.1, -0.05) is 6.07 Å². The summed E-state index contributed by atoms with van der Waals surface area (Å²) >= 11 is 0. The standard InChI is InChI=1S/C22H18F6N4O2/c1-11-3-4-17(29-8-11)13-5-14(18(33)21(23,24)25)7-15(6-13)19(34)32-12(2)16-9-30-20(31-10-16)22(26,27)28/h3-10,12,18,33H,1-2H3,(H,32,34)/t12-,18?/m1/s1. The normalized spacial score (nSPS) is 13.9. The zero-order valence-corrected chi connectivity index (χ0v) is 17.7. The third-order valence-electron chi connectivity index (χ3n) is 4.82. The summed E-state index contributed by atoms with van der Waals surface area (Å²) in [5.74, 6) is -2.17. The minimum absolute atomic E-state index is 0.147. The molecule has 2 N–H and O–H groups in total. The lowest BCUT2D eigenvalue weighted by Gasteiger charge is -2.18. The van der Waals surface area contributed by atoms with Gasteiger partial charge in [-0.05, 0) is 49.2 Å². The van der Waals surface area contributed by atoms with Crippen LogP contribution < -0.4 is 5.32 Å². The monoisotopic (exact) mass is 484 g/mol. The summed E-state index contributed by atoms with van der Waals surface area (Å²) in [7, 11) is 0. The summed E-state index contributed by atoms with van der Waals surface area (Å²) in [5.41, 5.74) is 0.617. The smallest absolute Gasteiger partial charge is 0.379 e. The summed E-state index contributed by atoms with van der Waals surface area (Å²) in [6, 6.07) is 5.64. The van der Waals surface area contributed by atoms with E-state index in [-0.39, 0.29) is 22.4 Å². The van der Waals surface area contributed by atoms with Crippen molar-refractivity contribution >= 4 is 5.91 Å². The second-order valence-electron chi connectivity index (χ2n) is 7.54. The van der Waals surface area contributed by atoms with Crippen LogP contribution in [0.15, 0.2) is 48.9 Å². The molecule has 180 valence electrons. The first-order valence-electron chi connectivity index (χ1n) is 9.78. The number of carbonyl (C=O) groups is 1. The van der Waals surface area contributed by atoms with Crippen LogP contribution in [-0.4, -0.2) is 32.1 Å². The van der Waals surface area contributed by atoms with Crippen LogP contribution in [0.5, 0.6) is 0 Å². The Kier molecular flexibility index (Phi) is 6.92. The van der Waals surface area contributed by atoms with Gasteiger partial charge in [-0.25, -0.2) is 9.97 Å². The molecule has 0 aliphatic rings. The Morgan fingerprint density at radius 2 is 1.59 bits per heavy atom. The van der Waals surface area contributed by atoms with Gasteiger partial charge in [-0.3, -0.25) is 9.78 Å². The summed E-state index contributed by atoms with van der Waals surface area (Å²) in [5, 5.41) is 12.2. The van der Waals surface area contributed by atoms with E-state index in [1.165, 1.54) is 19.2 Å². The average Bonchev–Trinajstić information content (AvgIpc) is 2.77. The van der Waals surface area contributed by atoms with E-state index in [0.717, 1.165) is 30.1 Å². The Bertz CT molecular complexity index is 1160. The van der Waals surface area contributed by atoms with Gasteiger partial charge in [0.1, 0.15) is 0 Å². The fourth-order valence-electron chi connectivity index (χ4n) is 2.99. The number of aliphatic hydroxyl groups excluding tert-OH is 1. The van der Waals surface area contributed by atoms with Gasteiger partial charge in [0.05, 0.1) is 11.7 Å². The Balaban J connectivity index is 1.93. The van der Waals surface area contributed by atoms with Gasteiger partial charge in [0.25, 0.3) is 5.91 Å². The van der Waals surface area contributed by atoms with E-state index < -0.39 is 41.8 Å². The molecule has 0 fully saturated rings. The molecule has 3 aromatic rings. The first-order chi connectivity index (χ1) is 15.8. The van der Waals surface area contributed by atoms with Gasteiger partial charge in [0, 0.05) is 35.3 Å². The molecule has 2 aromatic heterocycles. The maximum Gasteiger partial charge on any atom is 0.451 e. The molecular formula is C22H18F6N4O2. The first kappa shape index (κ1) is 25.1. The van der Waals surface area contributed by atoms with Crippen molar-refractivity contribution in [3.63, 3.8) is 0 Å². The molecule has 0 aliphatic carbocycles. The highest BCUT2D eigenvalue weighted by molar-refractivity contribution is 5.96. The highest BCUT2D eigenvalue weighted by atomic mass is 19.4. The van der Waals surface area contributed by atoms with E-state index in [9.17, 15) is 36.2 Å². The molecule has 0 bridgehead atoms. The lowest BCUT2D eigenvalue weighted by molar-refractivity contribution is -0.206. The van der Waals surface area contributed by atoms with Gasteiger partial charge in [-0.2, -0.15) is 26.3 Å². The minimum Gasteiger partial charge on any atom is -0.379 e. The Morgan fingerprint density at radius 1 is 0.941 bits per heavy atom. The topological polar surface area (TPSA) is 88.0 Å². The van der Waals surface area contributed by atoms with Crippen molar-refractivity contribution in [1.29, 1.82) is 0 Å². The lowest BCUT2D eigenvalue weighted by Crippen LogP contribution is -2.28. The number of benzene rings is 1. The Morgan fingerprint density at radius 3 is 2.12 bits per heavy atom. The predicted octanol–water partition coefficient (Wildman–Crippen LogP) is 4.95. The van der Waals surface area contributed by atoms with Crippen LogP contribution in [0.3, 0.4) is 0 Å². The SMILES string of the molecule is Cc1ccc(-c2cc(C(=O)N[C@H](C)c3cnc(C(F)(F)F)nc3)cc(C(O)C(F)(F)F)c2)nc1. The van der Waals surface area contributed by atoms with Crippen LogP contribution in [0.25, 0.3) is 11.3 Å². The number of alkyl halides is 6. The number of aryl methyl sites for hydroxylation is 1. The van der Waals surface area contributed by atoms with E-state index in [1.54, 1.807) is 19.1 Å². The van der Waals surface area contributed by atoms with E-state index in [0.29, 0.717) is 0 Å². The number of rotatable bonds is 5. The van der Waals surface area contributed by atoms with Crippen LogP contribution in [0.1, 0.15) is 51.9 Å². The number of halogens is 6. The number of hydrogen-bond acceptors (Lipinski definition) is 5. The largest absolute Gasteiger partial charge is 0.451 e. The zero-order valence-electron chi connectivity index (χ0n) is 17.7. The number of aliphatic hydroxyl groups is 1. The van der Waals surface area contributed by atoms with Gasteiger partial charge in [-0.15, -0.1) is 0 Å². The predicted molar refractivity (Wildman–Crippen MR) is 108 cm³/mol. The third kappa shape index (κ3) is 5.87. The minimum atomic E-state index is -4.97. The molecule has 2 atom stereocenters. The number of pyridine rings is 1. The molecule has 34 heavy (non-hydrogen) atoms. The highest BCUT2D eigenvalue weighted by Gasteiger charge is 2.40. The first-order valence-corrected chi connectivity index (χ1v) is 9.78. The van der Waals surface area contributed by atoms with E-state index >= 15 is 0 Å². The molecule has 6 nitrogen and oxygen atoms in total. The van der Waals surface area contributed by atoms with E-state index in [2.05, 4.69) is 20.3 Å². The molecule has 12 heteroatoms. The molecule has 0 radical (unpaired) electrons. The molecule has 3 rings (SSSR count). The van der Waals surface area contributed by atoms with E-state index in [4.69, 9.17) is 0 Å². The van der Waals surface area contributed by atoms with Crippen molar-refractivity contribution in [3.05, 3.63) is 77.0 Å². The summed E-state index contributed by atoms with van der Waals surface area (Å²) in [6.45, 7) is 3.21. The van der Waals surface area contributed by atoms with Gasteiger partial charge < -0.3 is 10.4 Å². The van der Waals surface area contributed by atoms with Crippen molar-refractivity contribution in [2.24, 2.45) is 0 Å². The van der Waals surface area contributed by atoms with Crippen LogP contribution in [-0.2, 0) is 6.18 Å². The summed E-state index contributed by atoms with van der Waals surface area (Å²) < 4.78 is 77.3. The van der Waals surface area contributed by atoms with Crippen molar-refractivity contribution in [3.8, 4) is 11.3 Å². The van der Waals surface area contributed by atoms with Crippen LogP contribution in [0.4, 0.5) is 26.3 Å². The number of nitrogens with zero attached hydrogens (tertiary/aromatic N) is 3. The zero-order chi connectivity index (χ0) is 25.3. The van der Waals surface area contributed by atoms with Crippen molar-refractivity contribution in [1.82, 2.24) is 20.3 Å².